The summed E-state index contributed by atoms with van der Waals surface area (Å²) >= 11 is 2.48. The van der Waals surface area contributed by atoms with Gasteiger partial charge in [0.25, 0.3) is 10.0 Å². The Balaban J connectivity index is 1.50. The molecule has 0 aliphatic heterocycles. The second-order valence-electron chi connectivity index (χ2n) is 5.92. The first-order valence-electron chi connectivity index (χ1n) is 8.33. The van der Waals surface area contributed by atoms with Gasteiger partial charge in [-0.1, -0.05) is 18.2 Å². The van der Waals surface area contributed by atoms with Gasteiger partial charge >= 0.3 is 5.97 Å². The highest BCUT2D eigenvalue weighted by Crippen LogP contribution is 2.27. The van der Waals surface area contributed by atoms with E-state index in [9.17, 15) is 18.3 Å². The molecule has 2 aromatic carbocycles. The van der Waals surface area contributed by atoms with E-state index in [1.165, 1.54) is 35.6 Å². The molecule has 4 rings (SSSR count). The number of ether oxygens (including phenoxy) is 1. The summed E-state index contributed by atoms with van der Waals surface area (Å²) in [5.41, 5.74) is 0.817. The lowest BCUT2D eigenvalue weighted by atomic mass is 10.2. The van der Waals surface area contributed by atoms with E-state index in [0.717, 1.165) is 21.6 Å². The largest absolute Gasteiger partial charge is 0.507 e. The van der Waals surface area contributed by atoms with Crippen LogP contribution in [-0.4, -0.2) is 24.5 Å². The van der Waals surface area contributed by atoms with Crippen molar-refractivity contribution in [2.24, 2.45) is 0 Å². The van der Waals surface area contributed by atoms with Crippen molar-refractivity contribution in [1.29, 1.82) is 0 Å². The smallest absolute Gasteiger partial charge is 0.342 e. The number of aromatic nitrogens is 1. The number of hydrogen-bond donors (Lipinski definition) is 2. The molecule has 0 atom stereocenters. The Bertz CT molecular complexity index is 1250. The molecule has 0 saturated heterocycles. The van der Waals surface area contributed by atoms with Crippen LogP contribution in [0.25, 0.3) is 10.2 Å². The van der Waals surface area contributed by atoms with Gasteiger partial charge in [0.05, 0.1) is 10.2 Å². The number of hydrogen-bond acceptors (Lipinski definition) is 8. The topological polar surface area (TPSA) is 106 Å². The van der Waals surface area contributed by atoms with Crippen LogP contribution >= 0.6 is 22.7 Å². The van der Waals surface area contributed by atoms with Crippen LogP contribution in [0.1, 0.15) is 15.4 Å². The summed E-state index contributed by atoms with van der Waals surface area (Å²) in [4.78, 5) is 16.8. The zero-order valence-electron chi connectivity index (χ0n) is 14.7. The fourth-order valence-corrected chi connectivity index (χ4v) is 5.49. The van der Waals surface area contributed by atoms with Gasteiger partial charge < -0.3 is 9.84 Å². The van der Waals surface area contributed by atoms with E-state index in [-0.39, 0.29) is 27.8 Å². The highest BCUT2D eigenvalue weighted by Gasteiger charge is 2.19. The molecule has 29 heavy (non-hydrogen) atoms. The van der Waals surface area contributed by atoms with Gasteiger partial charge in [0.15, 0.2) is 0 Å². The van der Waals surface area contributed by atoms with Gasteiger partial charge in [-0.3, -0.25) is 4.72 Å². The number of fused-ring (bicyclic) bond motifs is 1. The van der Waals surface area contributed by atoms with Crippen LogP contribution in [0.2, 0.25) is 0 Å². The third-order valence-electron chi connectivity index (χ3n) is 3.89. The molecular weight excluding hydrogens is 432 g/mol. The molecule has 2 N–H and O–H groups in total. The summed E-state index contributed by atoms with van der Waals surface area (Å²) in [6.07, 6.45) is 0. The SMILES string of the molecule is O=C(OCc1nc2ccccc2s1)c1cc(NS(=O)(=O)c2cccs2)ccc1O. The number of sulfonamides is 1. The van der Waals surface area contributed by atoms with Gasteiger partial charge in [-0.2, -0.15) is 0 Å². The van der Waals surface area contributed by atoms with E-state index < -0.39 is 16.0 Å². The standard InChI is InChI=1S/C19H14N2O5S3/c22-15-8-7-12(21-29(24,25)18-6-3-9-27-18)10-13(15)19(23)26-11-17-20-14-4-1-2-5-16(14)28-17/h1-10,21-22H,11H2. The number of esters is 1. The summed E-state index contributed by atoms with van der Waals surface area (Å²) in [7, 11) is -3.77. The quantitative estimate of drug-likeness (QED) is 0.339. The van der Waals surface area contributed by atoms with Crippen LogP contribution in [0.3, 0.4) is 0 Å². The Labute approximate surface area is 174 Å². The summed E-state index contributed by atoms with van der Waals surface area (Å²) in [5, 5.41) is 12.3. The maximum absolute atomic E-state index is 12.4. The van der Waals surface area contributed by atoms with Gasteiger partial charge in [-0.25, -0.2) is 18.2 Å². The van der Waals surface area contributed by atoms with Crippen LogP contribution in [0.5, 0.6) is 5.75 Å². The predicted octanol–water partition coefficient (Wildman–Crippen LogP) is 4.22. The van der Waals surface area contributed by atoms with Gasteiger partial charge in [0, 0.05) is 5.69 Å². The van der Waals surface area contributed by atoms with Crippen LogP contribution in [0.15, 0.2) is 64.2 Å². The molecule has 0 aliphatic carbocycles. The number of phenolic OH excluding ortho intramolecular Hbond substituents is 1. The van der Waals surface area contributed by atoms with Gasteiger partial charge in [-0.05, 0) is 41.8 Å². The summed E-state index contributed by atoms with van der Waals surface area (Å²) in [5.74, 6) is -1.09. The lowest BCUT2D eigenvalue weighted by molar-refractivity contribution is 0.0469. The van der Waals surface area contributed by atoms with Crippen molar-refractivity contribution in [2.75, 3.05) is 4.72 Å². The highest BCUT2D eigenvalue weighted by atomic mass is 32.2. The van der Waals surface area contributed by atoms with Crippen LogP contribution in [0, 0.1) is 0 Å². The van der Waals surface area contributed by atoms with E-state index in [4.69, 9.17) is 4.74 Å². The van der Waals surface area contributed by atoms with Crippen molar-refractivity contribution in [2.45, 2.75) is 10.8 Å². The van der Waals surface area contributed by atoms with Crippen molar-refractivity contribution in [1.82, 2.24) is 4.98 Å². The number of carbonyl (C=O) groups is 1. The number of carbonyl (C=O) groups excluding carboxylic acids is 1. The molecule has 10 heteroatoms. The molecule has 0 fully saturated rings. The van der Waals surface area contributed by atoms with Gasteiger partial charge in [0.1, 0.15) is 27.1 Å². The highest BCUT2D eigenvalue weighted by molar-refractivity contribution is 7.94. The minimum absolute atomic E-state index is 0.0528. The molecule has 0 spiro atoms. The number of thiophene rings is 1. The van der Waals surface area contributed by atoms with Crippen LogP contribution in [0.4, 0.5) is 5.69 Å². The molecule has 0 bridgehead atoms. The molecular formula is C19H14N2O5S3. The maximum Gasteiger partial charge on any atom is 0.342 e. The average Bonchev–Trinajstić information content (AvgIpc) is 3.37. The second-order valence-corrected chi connectivity index (χ2v) is 9.89. The van der Waals surface area contributed by atoms with E-state index in [1.54, 1.807) is 11.4 Å². The molecule has 7 nitrogen and oxygen atoms in total. The fourth-order valence-electron chi connectivity index (χ4n) is 2.57. The van der Waals surface area contributed by atoms with E-state index in [2.05, 4.69) is 9.71 Å². The second kappa shape index (κ2) is 7.82. The Hall–Kier alpha value is -2.95. The third-order valence-corrected chi connectivity index (χ3v) is 7.68. The first-order chi connectivity index (χ1) is 13.9. The lowest BCUT2D eigenvalue weighted by Crippen LogP contribution is -2.12. The Morgan fingerprint density at radius 3 is 2.72 bits per heavy atom. The molecule has 2 heterocycles. The van der Waals surface area contributed by atoms with Crippen molar-refractivity contribution >= 4 is 54.6 Å². The maximum atomic E-state index is 12.4. The molecule has 4 aromatic rings. The number of aromatic hydroxyl groups is 1. The van der Waals surface area contributed by atoms with Crippen molar-refractivity contribution in [3.05, 3.63) is 70.5 Å². The Morgan fingerprint density at radius 2 is 1.97 bits per heavy atom. The molecule has 148 valence electrons. The molecule has 0 saturated carbocycles. The molecule has 2 aromatic heterocycles. The van der Waals surface area contributed by atoms with Crippen LogP contribution in [-0.2, 0) is 21.4 Å². The predicted molar refractivity (Wildman–Crippen MR) is 112 cm³/mol. The summed E-state index contributed by atoms with van der Waals surface area (Å²) < 4.78 is 33.4. The number of rotatable bonds is 6. The Kier molecular flexibility index (Phi) is 5.22. The number of anilines is 1. The summed E-state index contributed by atoms with van der Waals surface area (Å²) in [6, 6.07) is 14.5. The van der Waals surface area contributed by atoms with E-state index >= 15 is 0 Å². The number of thiazole rings is 1. The molecule has 0 aliphatic rings. The first-order valence-corrected chi connectivity index (χ1v) is 11.5. The monoisotopic (exact) mass is 446 g/mol. The van der Waals surface area contributed by atoms with E-state index in [0.29, 0.717) is 5.01 Å². The normalized spacial score (nSPS) is 11.4. The molecule has 0 unspecified atom stereocenters. The van der Waals surface area contributed by atoms with E-state index in [1.807, 2.05) is 24.3 Å². The van der Waals surface area contributed by atoms with Crippen molar-refractivity contribution < 1.29 is 23.1 Å². The lowest BCUT2D eigenvalue weighted by Gasteiger charge is -2.09. The fraction of sp³-hybridized carbons (Fsp3) is 0.0526. The zero-order valence-corrected chi connectivity index (χ0v) is 17.2. The average molecular weight is 447 g/mol. The van der Waals surface area contributed by atoms with Gasteiger partial charge in [-0.15, -0.1) is 22.7 Å². The first kappa shape index (κ1) is 19.4. The minimum Gasteiger partial charge on any atom is -0.507 e. The van der Waals surface area contributed by atoms with Crippen molar-refractivity contribution in [3.63, 3.8) is 0 Å². The molecule has 0 radical (unpaired) electrons. The third kappa shape index (κ3) is 4.24. The number of nitrogens with zero attached hydrogens (tertiary/aromatic N) is 1. The zero-order chi connectivity index (χ0) is 20.4. The van der Waals surface area contributed by atoms with Crippen molar-refractivity contribution in [3.8, 4) is 5.75 Å². The number of phenols is 1. The number of para-hydroxylation sites is 1. The summed E-state index contributed by atoms with van der Waals surface area (Å²) in [6.45, 7) is -0.0528. The minimum atomic E-state index is -3.77. The number of benzene rings is 2. The van der Waals surface area contributed by atoms with Gasteiger partial charge in [0.2, 0.25) is 0 Å². The number of nitrogens with one attached hydrogen (secondary N) is 1. The van der Waals surface area contributed by atoms with Crippen LogP contribution < -0.4 is 4.72 Å². The molecule has 0 amide bonds. The Morgan fingerprint density at radius 1 is 1.14 bits per heavy atom.